The van der Waals surface area contributed by atoms with Gasteiger partial charge >= 0.3 is 11.9 Å². The van der Waals surface area contributed by atoms with Crippen LogP contribution >= 0.6 is 0 Å². The minimum absolute atomic E-state index is 0.162. The van der Waals surface area contributed by atoms with E-state index in [9.17, 15) is 14.4 Å². The Hall–Kier alpha value is -3.19. The number of Topliss-reactive ketones (excluding diaryl/α,β-unsaturated/α-hetero) is 1. The van der Waals surface area contributed by atoms with Crippen molar-refractivity contribution >= 4 is 17.7 Å². The van der Waals surface area contributed by atoms with Crippen molar-refractivity contribution in [1.82, 2.24) is 9.47 Å². The molecule has 2 saturated heterocycles. The lowest BCUT2D eigenvalue weighted by Gasteiger charge is -2.42. The largest absolute Gasteiger partial charge is 0.478 e. The molecule has 2 unspecified atom stereocenters. The maximum Gasteiger partial charge on any atom is 0.328 e. The number of benzene rings is 1. The fourth-order valence-corrected chi connectivity index (χ4v) is 5.29. The van der Waals surface area contributed by atoms with E-state index in [2.05, 4.69) is 66.2 Å². The second kappa shape index (κ2) is 10.6. The van der Waals surface area contributed by atoms with Crippen molar-refractivity contribution in [3.8, 4) is 11.3 Å². The number of hydrogen-bond donors (Lipinski definition) is 2. The molecule has 1 aromatic heterocycles. The van der Waals surface area contributed by atoms with Gasteiger partial charge < -0.3 is 14.8 Å². The number of fused-ring (bicyclic) bond motifs is 2. The van der Waals surface area contributed by atoms with Crippen LogP contribution in [0.4, 0.5) is 0 Å². The zero-order valence-electron chi connectivity index (χ0n) is 19.3. The Balaban J connectivity index is 0.000000331. The van der Waals surface area contributed by atoms with Crippen LogP contribution < -0.4 is 0 Å². The second-order valence-electron chi connectivity index (χ2n) is 8.79. The van der Waals surface area contributed by atoms with Gasteiger partial charge in [0.1, 0.15) is 5.78 Å². The molecule has 0 radical (unpaired) electrons. The van der Waals surface area contributed by atoms with Crippen LogP contribution in [-0.4, -0.2) is 56.5 Å². The fraction of sp³-hybridized carbons (Fsp3) is 0.423. The molecule has 176 valence electrons. The molecule has 0 amide bonds. The number of carbonyl (C=O) groups excluding carboxylic acids is 1. The number of piperidine rings is 1. The number of rotatable bonds is 6. The van der Waals surface area contributed by atoms with E-state index in [0.717, 1.165) is 6.42 Å². The summed E-state index contributed by atoms with van der Waals surface area (Å²) < 4.78 is 2.15. The van der Waals surface area contributed by atoms with Gasteiger partial charge in [0.05, 0.1) is 0 Å². The van der Waals surface area contributed by atoms with Crippen LogP contribution in [0, 0.1) is 5.92 Å². The highest BCUT2D eigenvalue weighted by atomic mass is 16.4. The molecule has 2 aliphatic rings. The average molecular weight is 453 g/mol. The van der Waals surface area contributed by atoms with Crippen LogP contribution in [0.15, 0.2) is 54.7 Å². The molecule has 2 bridgehead atoms. The van der Waals surface area contributed by atoms with Crippen molar-refractivity contribution in [3.63, 3.8) is 0 Å². The highest BCUT2D eigenvalue weighted by Crippen LogP contribution is 2.47. The molecule has 2 aliphatic heterocycles. The third-order valence-corrected chi connectivity index (χ3v) is 6.94. The third-order valence-electron chi connectivity index (χ3n) is 6.94. The Kier molecular flexibility index (Phi) is 7.87. The van der Waals surface area contributed by atoms with Crippen molar-refractivity contribution in [2.75, 3.05) is 7.05 Å². The highest BCUT2D eigenvalue weighted by molar-refractivity contribution is 5.89. The van der Waals surface area contributed by atoms with Gasteiger partial charge in [-0.15, -0.1) is 0 Å². The summed E-state index contributed by atoms with van der Waals surface area (Å²) in [5, 5.41) is 15.6. The summed E-state index contributed by atoms with van der Waals surface area (Å²) in [5.41, 5.74) is 3.82. The zero-order chi connectivity index (χ0) is 24.1. The monoisotopic (exact) mass is 452 g/mol. The van der Waals surface area contributed by atoms with Gasteiger partial charge in [0.15, 0.2) is 0 Å². The highest BCUT2D eigenvalue weighted by Gasteiger charge is 2.48. The quantitative estimate of drug-likeness (QED) is 0.644. The molecule has 33 heavy (non-hydrogen) atoms. The minimum Gasteiger partial charge on any atom is -0.478 e. The summed E-state index contributed by atoms with van der Waals surface area (Å²) in [6.07, 6.45) is 7.38. The van der Waals surface area contributed by atoms with Gasteiger partial charge in [-0.1, -0.05) is 31.2 Å². The first kappa shape index (κ1) is 24.5. The number of nitrogens with zero attached hydrogens (tertiary/aromatic N) is 2. The van der Waals surface area contributed by atoms with Crippen LogP contribution in [0.1, 0.15) is 44.1 Å². The summed E-state index contributed by atoms with van der Waals surface area (Å²) in [6.45, 7) is 2.01. The maximum absolute atomic E-state index is 12.8. The van der Waals surface area contributed by atoms with Gasteiger partial charge in [-0.2, -0.15) is 0 Å². The van der Waals surface area contributed by atoms with Crippen molar-refractivity contribution in [2.45, 2.75) is 50.6 Å². The molecule has 4 rings (SSSR count). The normalized spacial score (nSPS) is 24.3. The molecular weight excluding hydrogens is 420 g/mol. The van der Waals surface area contributed by atoms with Crippen molar-refractivity contribution < 1.29 is 24.6 Å². The van der Waals surface area contributed by atoms with E-state index in [1.54, 1.807) is 0 Å². The third kappa shape index (κ3) is 5.60. The van der Waals surface area contributed by atoms with Gasteiger partial charge in [0.25, 0.3) is 0 Å². The van der Waals surface area contributed by atoms with Crippen LogP contribution in [0.3, 0.4) is 0 Å². The smallest absolute Gasteiger partial charge is 0.328 e. The number of carboxylic acids is 2. The molecule has 0 aliphatic carbocycles. The number of aliphatic carboxylic acids is 2. The predicted molar refractivity (Wildman–Crippen MR) is 126 cm³/mol. The molecule has 2 fully saturated rings. The number of carbonyl (C=O) groups is 3. The van der Waals surface area contributed by atoms with E-state index in [-0.39, 0.29) is 5.92 Å². The summed E-state index contributed by atoms with van der Waals surface area (Å²) in [5.74, 6) is -1.54. The average Bonchev–Trinajstić information content (AvgIpc) is 3.31. The van der Waals surface area contributed by atoms with Crippen molar-refractivity contribution in [1.29, 1.82) is 0 Å². The minimum atomic E-state index is -1.26. The molecular formula is C26H32N2O5. The molecule has 2 aromatic rings. The van der Waals surface area contributed by atoms with Crippen molar-refractivity contribution in [3.05, 3.63) is 60.3 Å². The number of ketones is 1. The number of carboxylic acid groups (broad SMARTS) is 2. The Bertz CT molecular complexity index is 1010. The first-order valence-corrected chi connectivity index (χ1v) is 11.3. The molecule has 0 saturated carbocycles. The molecule has 3 heterocycles. The molecule has 2 N–H and O–H groups in total. The summed E-state index contributed by atoms with van der Waals surface area (Å²) in [6, 6.07) is 14.3. The lowest BCUT2D eigenvalue weighted by Crippen LogP contribution is -2.48. The van der Waals surface area contributed by atoms with Gasteiger partial charge in [-0.05, 0) is 55.5 Å². The Morgan fingerprint density at radius 2 is 1.64 bits per heavy atom. The van der Waals surface area contributed by atoms with Gasteiger partial charge in [0, 0.05) is 55.5 Å². The fourth-order valence-electron chi connectivity index (χ4n) is 5.29. The predicted octanol–water partition coefficient (Wildman–Crippen LogP) is 3.95. The second-order valence-corrected chi connectivity index (χ2v) is 8.79. The number of aryl methyl sites for hydroxylation is 1. The lowest BCUT2D eigenvalue weighted by atomic mass is 9.73. The number of hydrogen-bond acceptors (Lipinski definition) is 4. The van der Waals surface area contributed by atoms with E-state index >= 15 is 0 Å². The number of aromatic nitrogens is 1. The first-order valence-electron chi connectivity index (χ1n) is 11.3. The van der Waals surface area contributed by atoms with Crippen LogP contribution in [0.2, 0.25) is 0 Å². The van der Waals surface area contributed by atoms with Crippen LogP contribution in [0.5, 0.6) is 0 Å². The molecule has 7 heteroatoms. The van der Waals surface area contributed by atoms with E-state index in [1.807, 2.05) is 6.92 Å². The van der Waals surface area contributed by atoms with Crippen LogP contribution in [-0.2, 0) is 21.4 Å². The molecule has 7 nitrogen and oxygen atoms in total. The standard InChI is InChI=1S/C22H28N2O.C4H4O4/c1-4-21(25)22-18(14-17-11-12-20(22)24(17)3)15-7-9-16(10-8-15)19-6-5-13-23(19)2;5-3(6)1-2-4(7)8/h5-10,13,17-18,20,22H,4,11-12,14H2,1-3H3;1-2H,(H,5,6)(H,7,8)/b;2-1+/t17?,18-,20?,22+;/m1./s1. The first-order chi connectivity index (χ1) is 15.7. The summed E-state index contributed by atoms with van der Waals surface area (Å²) in [7, 11) is 4.29. The summed E-state index contributed by atoms with van der Waals surface area (Å²) >= 11 is 0. The SMILES string of the molecule is CCC(=O)[C@@H]1C2CCC(C[C@@H]1c1ccc(-c3cccn3C)cc1)N2C.O=C(O)/C=C/C(=O)O. The lowest BCUT2D eigenvalue weighted by molar-refractivity contribution is -0.134. The van der Waals surface area contributed by atoms with Gasteiger partial charge in [-0.3, -0.25) is 9.69 Å². The Morgan fingerprint density at radius 1 is 1.00 bits per heavy atom. The molecule has 0 spiro atoms. The van der Waals surface area contributed by atoms with E-state index in [1.165, 1.54) is 29.7 Å². The Morgan fingerprint density at radius 3 is 2.15 bits per heavy atom. The van der Waals surface area contributed by atoms with Gasteiger partial charge in [-0.25, -0.2) is 9.59 Å². The Labute approximate surface area is 194 Å². The zero-order valence-corrected chi connectivity index (χ0v) is 19.3. The molecule has 1 aromatic carbocycles. The topological polar surface area (TPSA) is 99.8 Å². The summed E-state index contributed by atoms with van der Waals surface area (Å²) in [4.78, 5) is 34.3. The van der Waals surface area contributed by atoms with Crippen LogP contribution in [0.25, 0.3) is 11.3 Å². The van der Waals surface area contributed by atoms with Gasteiger partial charge in [0.2, 0.25) is 0 Å². The van der Waals surface area contributed by atoms with Crippen molar-refractivity contribution in [2.24, 2.45) is 13.0 Å². The van der Waals surface area contributed by atoms with E-state index < -0.39 is 11.9 Å². The van der Waals surface area contributed by atoms with E-state index in [0.29, 0.717) is 42.4 Å². The molecule has 4 atom stereocenters. The van der Waals surface area contributed by atoms with E-state index in [4.69, 9.17) is 10.2 Å². The maximum atomic E-state index is 12.8.